The average molecular weight is 287 g/mol. The molecule has 0 radical (unpaired) electrons. The molecule has 1 amide bonds. The zero-order chi connectivity index (χ0) is 12.0. The maximum Gasteiger partial charge on any atom is 0.427 e. The van der Waals surface area contributed by atoms with E-state index in [-0.39, 0.29) is 0 Å². The highest BCUT2D eigenvalue weighted by Gasteiger charge is 2.01. The van der Waals surface area contributed by atoms with Crippen LogP contribution in [0.4, 0.5) is 4.79 Å². The number of methoxy groups -OCH3 is 2. The lowest BCUT2D eigenvalue weighted by molar-refractivity contribution is 0.171. The largest absolute Gasteiger partial charge is 0.496 e. The second-order valence-electron chi connectivity index (χ2n) is 2.75. The third-order valence-electron chi connectivity index (χ3n) is 1.74. The normalized spacial score (nSPS) is 10.2. The van der Waals surface area contributed by atoms with Crippen LogP contribution < -0.4 is 10.2 Å². The first-order chi connectivity index (χ1) is 7.67. The van der Waals surface area contributed by atoms with Gasteiger partial charge in [-0.2, -0.15) is 5.10 Å². The molecule has 16 heavy (non-hydrogen) atoms. The van der Waals surface area contributed by atoms with Crippen molar-refractivity contribution in [2.75, 3.05) is 14.2 Å². The highest BCUT2D eigenvalue weighted by atomic mass is 79.9. The Morgan fingerprint density at radius 1 is 1.50 bits per heavy atom. The minimum Gasteiger partial charge on any atom is -0.496 e. The van der Waals surface area contributed by atoms with Gasteiger partial charge in [0.05, 0.1) is 20.4 Å². The molecule has 1 aromatic rings. The molecule has 86 valence electrons. The zero-order valence-electron chi connectivity index (χ0n) is 8.86. The van der Waals surface area contributed by atoms with Crippen LogP contribution in [0, 0.1) is 0 Å². The lowest BCUT2D eigenvalue weighted by atomic mass is 10.2. The number of benzene rings is 1. The number of hydrogen-bond acceptors (Lipinski definition) is 4. The van der Waals surface area contributed by atoms with E-state index in [1.807, 2.05) is 12.1 Å². The summed E-state index contributed by atoms with van der Waals surface area (Å²) >= 11 is 3.33. The number of ether oxygens (including phenoxy) is 2. The van der Waals surface area contributed by atoms with Gasteiger partial charge in [-0.25, -0.2) is 10.2 Å². The molecule has 0 bridgehead atoms. The third-order valence-corrected chi connectivity index (χ3v) is 2.23. The summed E-state index contributed by atoms with van der Waals surface area (Å²) in [6.07, 6.45) is 0.853. The van der Waals surface area contributed by atoms with Crippen molar-refractivity contribution in [3.63, 3.8) is 0 Å². The summed E-state index contributed by atoms with van der Waals surface area (Å²) in [5.74, 6) is 0.665. The van der Waals surface area contributed by atoms with Gasteiger partial charge in [-0.1, -0.05) is 15.9 Å². The Balaban J connectivity index is 2.79. The zero-order valence-corrected chi connectivity index (χ0v) is 10.4. The van der Waals surface area contributed by atoms with E-state index in [0.29, 0.717) is 5.75 Å². The number of carbonyl (C=O) groups is 1. The first kappa shape index (κ1) is 12.5. The highest BCUT2D eigenvalue weighted by molar-refractivity contribution is 9.10. The molecular weight excluding hydrogens is 276 g/mol. The number of nitrogens with one attached hydrogen (secondary N) is 1. The molecule has 0 heterocycles. The Bertz CT molecular complexity index is 407. The van der Waals surface area contributed by atoms with E-state index in [2.05, 4.69) is 31.2 Å². The lowest BCUT2D eigenvalue weighted by Crippen LogP contribution is -2.16. The first-order valence-corrected chi connectivity index (χ1v) is 5.17. The van der Waals surface area contributed by atoms with Gasteiger partial charge in [-0.05, 0) is 18.2 Å². The number of hydrazone groups is 1. The second-order valence-corrected chi connectivity index (χ2v) is 3.66. The average Bonchev–Trinajstić information content (AvgIpc) is 2.29. The Labute approximate surface area is 102 Å². The summed E-state index contributed by atoms with van der Waals surface area (Å²) in [5.41, 5.74) is 2.93. The van der Waals surface area contributed by atoms with Crippen LogP contribution in [0.25, 0.3) is 0 Å². The predicted octanol–water partition coefficient (Wildman–Crippen LogP) is 2.15. The van der Waals surface area contributed by atoms with Crippen molar-refractivity contribution in [2.45, 2.75) is 0 Å². The van der Waals surface area contributed by atoms with Gasteiger partial charge in [0.1, 0.15) is 5.75 Å². The van der Waals surface area contributed by atoms with E-state index in [1.54, 1.807) is 13.2 Å². The predicted molar refractivity (Wildman–Crippen MR) is 63.8 cm³/mol. The van der Waals surface area contributed by atoms with E-state index >= 15 is 0 Å². The number of carbonyl (C=O) groups excluding carboxylic acids is 1. The van der Waals surface area contributed by atoms with Gasteiger partial charge in [-0.15, -0.1) is 0 Å². The van der Waals surface area contributed by atoms with Crippen molar-refractivity contribution in [1.82, 2.24) is 5.43 Å². The van der Waals surface area contributed by atoms with Crippen molar-refractivity contribution in [2.24, 2.45) is 5.10 Å². The smallest absolute Gasteiger partial charge is 0.427 e. The van der Waals surface area contributed by atoms with Crippen molar-refractivity contribution >= 4 is 28.2 Å². The van der Waals surface area contributed by atoms with Gasteiger partial charge >= 0.3 is 6.09 Å². The van der Waals surface area contributed by atoms with Crippen LogP contribution >= 0.6 is 15.9 Å². The Kier molecular flexibility index (Phi) is 4.78. The molecule has 1 N–H and O–H groups in total. The number of amides is 1. The molecule has 0 saturated carbocycles. The van der Waals surface area contributed by atoms with Gasteiger partial charge in [0, 0.05) is 10.0 Å². The molecule has 0 aliphatic rings. The number of halogens is 1. The topological polar surface area (TPSA) is 59.9 Å². The molecule has 5 nitrogen and oxygen atoms in total. The fraction of sp³-hybridized carbons (Fsp3) is 0.200. The second kappa shape index (κ2) is 6.12. The van der Waals surface area contributed by atoms with Crippen molar-refractivity contribution in [3.8, 4) is 5.75 Å². The lowest BCUT2D eigenvalue weighted by Gasteiger charge is -2.04. The first-order valence-electron chi connectivity index (χ1n) is 4.38. The molecule has 0 aromatic heterocycles. The molecule has 0 spiro atoms. The number of rotatable bonds is 3. The summed E-state index contributed by atoms with van der Waals surface area (Å²) in [6, 6.07) is 5.47. The fourth-order valence-electron chi connectivity index (χ4n) is 1.01. The molecule has 1 rings (SSSR count). The van der Waals surface area contributed by atoms with Gasteiger partial charge in [0.2, 0.25) is 0 Å². The van der Waals surface area contributed by atoms with E-state index in [0.717, 1.165) is 10.0 Å². The Morgan fingerprint density at radius 2 is 2.25 bits per heavy atom. The summed E-state index contributed by atoms with van der Waals surface area (Å²) in [5, 5.41) is 3.71. The molecule has 0 aliphatic carbocycles. The Morgan fingerprint density at radius 3 is 2.88 bits per heavy atom. The summed E-state index contributed by atoms with van der Waals surface area (Å²) in [4.78, 5) is 10.7. The van der Waals surface area contributed by atoms with E-state index < -0.39 is 6.09 Å². The molecular formula is C10H11BrN2O3. The van der Waals surface area contributed by atoms with E-state index in [1.165, 1.54) is 13.3 Å². The van der Waals surface area contributed by atoms with Crippen LogP contribution in [0.1, 0.15) is 5.56 Å². The standard InChI is InChI=1S/C10H11BrN2O3/c1-15-9-4-3-8(11)5-7(9)6-12-13-10(14)16-2/h3-6H,1-2H3,(H,13,14). The van der Waals surface area contributed by atoms with Gasteiger partial charge in [-0.3, -0.25) is 0 Å². The SMILES string of the molecule is COC(=O)NN=Cc1cc(Br)ccc1OC. The van der Waals surface area contributed by atoms with Crippen molar-refractivity contribution < 1.29 is 14.3 Å². The van der Waals surface area contributed by atoms with Crippen molar-refractivity contribution in [1.29, 1.82) is 0 Å². The van der Waals surface area contributed by atoms with Crippen LogP contribution in [0.3, 0.4) is 0 Å². The third kappa shape index (κ3) is 3.54. The van der Waals surface area contributed by atoms with Gasteiger partial charge in [0.25, 0.3) is 0 Å². The van der Waals surface area contributed by atoms with Crippen LogP contribution in [-0.2, 0) is 4.74 Å². The maximum absolute atomic E-state index is 10.7. The highest BCUT2D eigenvalue weighted by Crippen LogP contribution is 2.21. The van der Waals surface area contributed by atoms with Crippen molar-refractivity contribution in [3.05, 3.63) is 28.2 Å². The molecule has 0 unspecified atom stereocenters. The number of nitrogens with zero attached hydrogens (tertiary/aromatic N) is 1. The Hall–Kier alpha value is -1.56. The van der Waals surface area contributed by atoms with E-state index in [4.69, 9.17) is 4.74 Å². The minimum absolute atomic E-state index is 0.620. The van der Waals surface area contributed by atoms with Crippen LogP contribution in [0.15, 0.2) is 27.8 Å². The maximum atomic E-state index is 10.7. The summed E-state index contributed by atoms with van der Waals surface area (Å²) in [7, 11) is 2.83. The molecule has 0 saturated heterocycles. The number of hydrogen-bond donors (Lipinski definition) is 1. The fourth-order valence-corrected chi connectivity index (χ4v) is 1.39. The van der Waals surface area contributed by atoms with Crippen LogP contribution in [0.2, 0.25) is 0 Å². The molecule has 0 aliphatic heterocycles. The molecule has 0 fully saturated rings. The molecule has 6 heteroatoms. The van der Waals surface area contributed by atoms with Crippen LogP contribution in [0.5, 0.6) is 5.75 Å². The summed E-state index contributed by atoms with van der Waals surface area (Å²) in [6.45, 7) is 0. The minimum atomic E-state index is -0.620. The molecule has 0 atom stereocenters. The monoisotopic (exact) mass is 286 g/mol. The van der Waals surface area contributed by atoms with Gasteiger partial charge < -0.3 is 9.47 Å². The van der Waals surface area contributed by atoms with E-state index in [9.17, 15) is 4.79 Å². The van der Waals surface area contributed by atoms with Crippen LogP contribution in [-0.4, -0.2) is 26.5 Å². The summed E-state index contributed by atoms with van der Waals surface area (Å²) < 4.78 is 10.4. The quantitative estimate of drug-likeness (QED) is 0.684. The van der Waals surface area contributed by atoms with Gasteiger partial charge in [0.15, 0.2) is 0 Å². The molecule has 1 aromatic carbocycles.